The van der Waals surface area contributed by atoms with Gasteiger partial charge in [0.25, 0.3) is 11.8 Å². The molecule has 2 aromatic heterocycles. The Labute approximate surface area is 306 Å². The van der Waals surface area contributed by atoms with Crippen molar-refractivity contribution in [2.75, 3.05) is 20.3 Å². The van der Waals surface area contributed by atoms with Gasteiger partial charge >= 0.3 is 5.97 Å². The largest absolute Gasteiger partial charge is 0.469 e. The zero-order valence-electron chi connectivity index (χ0n) is 32.2. The SMILES string of the molecule is CCCCOC(C)C1=C(C)c2cc3[nH]c(c4c5[nH]c(cc6nc(cc1n2)C(C)=C6CC)c(C)c5C(=O)N(CCCC)C4=O)[C@@H](CCC(=O)OC)[C@@H]3C. The highest BCUT2D eigenvalue weighted by Gasteiger charge is 2.40. The van der Waals surface area contributed by atoms with Crippen LogP contribution in [0.15, 0.2) is 18.2 Å². The summed E-state index contributed by atoms with van der Waals surface area (Å²) in [6, 6.07) is 6.17. The molecule has 0 saturated carbocycles. The van der Waals surface area contributed by atoms with Crippen LogP contribution in [-0.2, 0) is 14.3 Å². The number of rotatable bonds is 12. The molecule has 0 saturated heterocycles. The molecule has 6 rings (SSSR count). The standard InChI is InChI=1S/C42H53N5O5/c1-10-13-17-47-41(49)37-25(7)32-20-33-27(12-3)22(4)29(43-33)21-34-36(26(8)52-18-14-11-2)24(6)31(44-34)19-30-23(5)28(15-16-35(48)51-9)39(45-30)38(42(47)50)40(37)46-32/h19-21,23,26,28,45-46H,10-18H2,1-9H3/t23-,26?,28-/m0/s1. The second-order valence-electron chi connectivity index (χ2n) is 14.5. The van der Waals surface area contributed by atoms with Crippen LogP contribution in [0.2, 0.25) is 0 Å². The van der Waals surface area contributed by atoms with E-state index in [0.717, 1.165) is 87.5 Å². The topological polar surface area (TPSA) is 130 Å². The third kappa shape index (κ3) is 6.50. The summed E-state index contributed by atoms with van der Waals surface area (Å²) in [4.78, 5) is 60.3. The van der Waals surface area contributed by atoms with Gasteiger partial charge in [-0.05, 0) is 93.9 Å². The fourth-order valence-electron chi connectivity index (χ4n) is 8.07. The van der Waals surface area contributed by atoms with Crippen molar-refractivity contribution in [2.24, 2.45) is 0 Å². The third-order valence-electron chi connectivity index (χ3n) is 11.3. The molecular weight excluding hydrogens is 654 g/mol. The summed E-state index contributed by atoms with van der Waals surface area (Å²) >= 11 is 0. The summed E-state index contributed by atoms with van der Waals surface area (Å²) in [5.74, 6) is -1.26. The maximum Gasteiger partial charge on any atom is 0.305 e. The van der Waals surface area contributed by atoms with Gasteiger partial charge in [-0.15, -0.1) is 0 Å². The molecule has 0 aliphatic carbocycles. The van der Waals surface area contributed by atoms with Crippen LogP contribution in [0.5, 0.6) is 0 Å². The number of aryl methyl sites for hydroxylation is 1. The number of esters is 1. The summed E-state index contributed by atoms with van der Waals surface area (Å²) in [7, 11) is 1.39. The lowest BCUT2D eigenvalue weighted by molar-refractivity contribution is -0.140. The lowest BCUT2D eigenvalue weighted by Crippen LogP contribution is -2.41. The van der Waals surface area contributed by atoms with E-state index in [1.54, 1.807) is 0 Å². The highest BCUT2D eigenvalue weighted by Crippen LogP contribution is 2.45. The van der Waals surface area contributed by atoms with Crippen molar-refractivity contribution < 1.29 is 23.9 Å². The molecule has 0 aromatic carbocycles. The minimum Gasteiger partial charge on any atom is -0.469 e. The number of methoxy groups -OCH3 is 1. The smallest absolute Gasteiger partial charge is 0.305 e. The number of amides is 2. The average Bonchev–Trinajstić information content (AvgIpc) is 3.80. The maximum absolute atomic E-state index is 14.6. The molecule has 6 heterocycles. The molecule has 8 bridgehead atoms. The summed E-state index contributed by atoms with van der Waals surface area (Å²) in [5.41, 5.74) is 12.1. The molecule has 4 aliphatic heterocycles. The number of hydrogen-bond donors (Lipinski definition) is 2. The van der Waals surface area contributed by atoms with E-state index in [9.17, 15) is 14.4 Å². The molecule has 4 aliphatic rings. The van der Waals surface area contributed by atoms with Crippen molar-refractivity contribution >= 4 is 51.1 Å². The zero-order chi connectivity index (χ0) is 37.4. The van der Waals surface area contributed by atoms with Crippen molar-refractivity contribution in [3.8, 4) is 0 Å². The number of fused-ring (bicyclic) bond motifs is 8. The summed E-state index contributed by atoms with van der Waals surface area (Å²) in [6.45, 7) is 17.6. The van der Waals surface area contributed by atoms with Crippen molar-refractivity contribution in [2.45, 2.75) is 118 Å². The molecule has 1 unspecified atom stereocenters. The number of ether oxygens (including phenoxy) is 2. The van der Waals surface area contributed by atoms with Gasteiger partial charge in [0.1, 0.15) is 0 Å². The second kappa shape index (κ2) is 15.2. The summed E-state index contributed by atoms with van der Waals surface area (Å²) in [5, 5.41) is 0. The van der Waals surface area contributed by atoms with E-state index in [1.165, 1.54) is 12.0 Å². The van der Waals surface area contributed by atoms with Crippen LogP contribution in [0, 0.1) is 6.92 Å². The minimum absolute atomic E-state index is 0.0960. The Morgan fingerprint density at radius 3 is 2.29 bits per heavy atom. The van der Waals surface area contributed by atoms with Crippen LogP contribution in [-0.4, -0.2) is 69.0 Å². The van der Waals surface area contributed by atoms with Crippen molar-refractivity contribution in [3.05, 3.63) is 69.1 Å². The van der Waals surface area contributed by atoms with Crippen molar-refractivity contribution in [1.82, 2.24) is 24.8 Å². The van der Waals surface area contributed by atoms with Crippen LogP contribution >= 0.6 is 0 Å². The van der Waals surface area contributed by atoms with Gasteiger partial charge in [0.05, 0.1) is 52.6 Å². The van der Waals surface area contributed by atoms with E-state index in [4.69, 9.17) is 19.4 Å². The number of carbonyl (C=O) groups excluding carboxylic acids is 3. The fourth-order valence-corrected chi connectivity index (χ4v) is 8.07. The highest BCUT2D eigenvalue weighted by atomic mass is 16.5. The number of hydrogen-bond acceptors (Lipinski definition) is 7. The maximum atomic E-state index is 14.6. The number of H-pyrrole nitrogens is 2. The Hall–Kier alpha value is -4.57. The molecule has 2 aromatic rings. The molecule has 10 heteroatoms. The Morgan fingerprint density at radius 1 is 0.904 bits per heavy atom. The van der Waals surface area contributed by atoms with Crippen LogP contribution in [0.25, 0.3) is 33.3 Å². The van der Waals surface area contributed by atoms with Gasteiger partial charge in [-0.3, -0.25) is 19.3 Å². The van der Waals surface area contributed by atoms with E-state index >= 15 is 0 Å². The van der Waals surface area contributed by atoms with E-state index in [1.807, 2.05) is 19.9 Å². The molecule has 0 fully saturated rings. The zero-order valence-corrected chi connectivity index (χ0v) is 32.2. The first-order chi connectivity index (χ1) is 24.9. The predicted molar refractivity (Wildman–Crippen MR) is 205 cm³/mol. The van der Waals surface area contributed by atoms with Gasteiger partial charge in [-0.25, -0.2) is 9.97 Å². The van der Waals surface area contributed by atoms with Crippen LogP contribution in [0.3, 0.4) is 0 Å². The number of aromatic amines is 2. The molecule has 276 valence electrons. The van der Waals surface area contributed by atoms with E-state index in [0.29, 0.717) is 48.3 Å². The quantitative estimate of drug-likeness (QED) is 0.128. The molecule has 2 amide bonds. The molecule has 10 nitrogen and oxygen atoms in total. The van der Waals surface area contributed by atoms with Crippen LogP contribution < -0.4 is 0 Å². The number of carbonyl (C=O) groups is 3. The predicted octanol–water partition coefficient (Wildman–Crippen LogP) is 9.06. The number of unbranched alkanes of at least 4 members (excludes halogenated alkanes) is 2. The first-order valence-corrected chi connectivity index (χ1v) is 19.0. The normalized spacial score (nSPS) is 18.4. The minimum atomic E-state index is -0.336. The van der Waals surface area contributed by atoms with Gasteiger partial charge in [0, 0.05) is 53.9 Å². The Kier molecular flexibility index (Phi) is 10.9. The number of allylic oxidation sites excluding steroid dienone is 3. The van der Waals surface area contributed by atoms with E-state index < -0.39 is 0 Å². The third-order valence-corrected chi connectivity index (χ3v) is 11.3. The van der Waals surface area contributed by atoms with E-state index in [-0.39, 0.29) is 42.1 Å². The monoisotopic (exact) mass is 707 g/mol. The summed E-state index contributed by atoms with van der Waals surface area (Å²) in [6.07, 6.45) is 4.79. The average molecular weight is 708 g/mol. The Morgan fingerprint density at radius 2 is 1.60 bits per heavy atom. The van der Waals surface area contributed by atoms with Gasteiger partial charge in [-0.2, -0.15) is 0 Å². The lowest BCUT2D eigenvalue weighted by Gasteiger charge is -2.27. The first kappa shape index (κ1) is 37.2. The fraction of sp³-hybridized carbons (Fsp3) is 0.500. The second-order valence-corrected chi connectivity index (χ2v) is 14.5. The van der Waals surface area contributed by atoms with Gasteiger partial charge in [-0.1, -0.05) is 40.5 Å². The van der Waals surface area contributed by atoms with Crippen molar-refractivity contribution in [1.29, 1.82) is 0 Å². The molecular formula is C42H53N5O5. The van der Waals surface area contributed by atoms with Gasteiger partial charge in [0.2, 0.25) is 0 Å². The first-order valence-electron chi connectivity index (χ1n) is 19.0. The van der Waals surface area contributed by atoms with Gasteiger partial charge in [0.15, 0.2) is 0 Å². The summed E-state index contributed by atoms with van der Waals surface area (Å²) < 4.78 is 11.4. The molecule has 3 atom stereocenters. The van der Waals surface area contributed by atoms with Crippen LogP contribution in [0.4, 0.5) is 0 Å². The number of aromatic nitrogens is 4. The molecule has 2 N–H and O–H groups in total. The Balaban J connectivity index is 1.73. The highest BCUT2D eigenvalue weighted by molar-refractivity contribution is 6.23. The van der Waals surface area contributed by atoms with E-state index in [2.05, 4.69) is 63.6 Å². The van der Waals surface area contributed by atoms with Gasteiger partial charge < -0.3 is 19.4 Å². The molecule has 0 spiro atoms. The Bertz CT molecular complexity index is 2070. The molecule has 52 heavy (non-hydrogen) atoms. The van der Waals surface area contributed by atoms with Crippen LogP contribution in [0.1, 0.15) is 166 Å². The van der Waals surface area contributed by atoms with Crippen molar-refractivity contribution in [3.63, 3.8) is 0 Å². The lowest BCUT2D eigenvalue weighted by atomic mass is 9.84. The number of imide groups is 1. The molecule has 0 radical (unpaired) electrons. The number of nitrogens with one attached hydrogen (secondary N) is 2. The number of nitrogens with zero attached hydrogens (tertiary/aromatic N) is 3.